The number of halogens is 2. The lowest BCUT2D eigenvalue weighted by Crippen LogP contribution is -2.56. The molecular weight excluding hydrogens is 615 g/mol. The van der Waals surface area contributed by atoms with Crippen molar-refractivity contribution >= 4 is 42.4 Å². The molecule has 1 unspecified atom stereocenters. The second-order valence-corrected chi connectivity index (χ2v) is 13.1. The van der Waals surface area contributed by atoms with E-state index in [1.807, 2.05) is 40.1 Å². The van der Waals surface area contributed by atoms with Crippen molar-refractivity contribution in [2.24, 2.45) is 11.8 Å². The van der Waals surface area contributed by atoms with Gasteiger partial charge in [0.15, 0.2) is 0 Å². The van der Waals surface area contributed by atoms with Crippen molar-refractivity contribution in [1.29, 1.82) is 0 Å². The number of anilines is 1. The van der Waals surface area contributed by atoms with E-state index < -0.39 is 0 Å². The lowest BCUT2D eigenvalue weighted by Gasteiger charge is -2.41. The van der Waals surface area contributed by atoms with Crippen LogP contribution in [-0.2, 0) is 19.7 Å². The largest absolute Gasteiger partial charge is 0.385 e. The minimum atomic E-state index is -0.262. The Kier molecular flexibility index (Phi) is 15.5. The highest BCUT2D eigenvalue weighted by molar-refractivity contribution is 5.98. The highest BCUT2D eigenvalue weighted by Crippen LogP contribution is 2.28. The van der Waals surface area contributed by atoms with Gasteiger partial charge in [0, 0.05) is 64.1 Å². The highest BCUT2D eigenvalue weighted by Gasteiger charge is 2.37. The van der Waals surface area contributed by atoms with Gasteiger partial charge in [0.05, 0.1) is 19.1 Å². The van der Waals surface area contributed by atoms with Gasteiger partial charge in [-0.1, -0.05) is 65.0 Å². The minimum Gasteiger partial charge on any atom is -0.385 e. The number of amides is 2. The molecule has 0 saturated carbocycles. The number of nitrogens with zero attached hydrogens (tertiary/aromatic N) is 4. The second kappa shape index (κ2) is 18.0. The number of hydrogen-bond acceptors (Lipinski definition) is 8. The summed E-state index contributed by atoms with van der Waals surface area (Å²) in [4.78, 5) is 41.4. The van der Waals surface area contributed by atoms with Crippen molar-refractivity contribution in [3.8, 4) is 0 Å². The predicted molar refractivity (Wildman–Crippen MR) is 183 cm³/mol. The second-order valence-electron chi connectivity index (χ2n) is 13.1. The number of nitrogens with one attached hydrogen (secondary N) is 2. The molecule has 2 amide bonds. The van der Waals surface area contributed by atoms with Crippen LogP contribution in [0.3, 0.4) is 0 Å². The third-order valence-electron chi connectivity index (χ3n) is 8.00. The molecule has 2 aliphatic heterocycles. The van der Waals surface area contributed by atoms with Gasteiger partial charge in [-0.25, -0.2) is 9.97 Å². The summed E-state index contributed by atoms with van der Waals surface area (Å²) in [6, 6.07) is 9.94. The molecule has 3 atom stereocenters. The summed E-state index contributed by atoms with van der Waals surface area (Å²) in [6.45, 7) is 15.1. The van der Waals surface area contributed by atoms with Crippen molar-refractivity contribution in [3.63, 3.8) is 0 Å². The normalized spacial score (nSPS) is 20.2. The van der Waals surface area contributed by atoms with E-state index in [0.29, 0.717) is 76.1 Å². The zero-order chi connectivity index (χ0) is 31.0. The van der Waals surface area contributed by atoms with Crippen LogP contribution in [0.15, 0.2) is 36.5 Å². The maximum atomic E-state index is 14.3. The van der Waals surface area contributed by atoms with Crippen LogP contribution < -0.4 is 10.6 Å². The standard InChI is InChI=1S/C33H50N6O4.2ClH/c1-23(2)21-39(31(41)27-20-36-32(33(3,4)5)37-29(27)35-13-10-15-42-6)26-17-25(18-34-19-26)30(40)38-14-16-43-28(22-38)24-11-8-7-9-12-24;;/h7-9,11-12,20,23,25-26,28,34H,10,13-19,21-22H2,1-6H3,(H,35,36,37);2*1H/t25-,26+,28?;;/m1../s1. The summed E-state index contributed by atoms with van der Waals surface area (Å²) < 4.78 is 11.2. The number of benzene rings is 1. The zero-order valence-corrected chi connectivity index (χ0v) is 29.2. The highest BCUT2D eigenvalue weighted by atomic mass is 35.5. The summed E-state index contributed by atoms with van der Waals surface area (Å²) in [5, 5.41) is 6.84. The lowest BCUT2D eigenvalue weighted by atomic mass is 9.92. The molecule has 0 radical (unpaired) electrons. The predicted octanol–water partition coefficient (Wildman–Crippen LogP) is 4.74. The molecule has 0 bridgehead atoms. The summed E-state index contributed by atoms with van der Waals surface area (Å²) in [7, 11) is 1.68. The first-order valence-electron chi connectivity index (χ1n) is 15.7. The number of rotatable bonds is 11. The molecule has 2 aliphatic rings. The SMILES string of the molecule is COCCCNc1nc(C(C)(C)C)ncc1C(=O)N(CC(C)C)[C@@H]1CNC[C@H](C(=O)N2CCOC(c3ccccc3)C2)C1.Cl.Cl. The average molecular weight is 668 g/mol. The topological polar surface area (TPSA) is 109 Å². The first kappa shape index (κ1) is 38.7. The third kappa shape index (κ3) is 10.5. The van der Waals surface area contributed by atoms with E-state index in [9.17, 15) is 9.59 Å². The van der Waals surface area contributed by atoms with Crippen LogP contribution in [0.2, 0.25) is 0 Å². The molecular formula is C33H52Cl2N6O4. The number of ether oxygens (including phenoxy) is 2. The Morgan fingerprint density at radius 1 is 1.18 bits per heavy atom. The molecule has 2 saturated heterocycles. The minimum absolute atomic E-state index is 0. The van der Waals surface area contributed by atoms with Crippen molar-refractivity contribution in [3.05, 3.63) is 53.5 Å². The van der Waals surface area contributed by atoms with Crippen molar-refractivity contribution < 1.29 is 19.1 Å². The van der Waals surface area contributed by atoms with Crippen LogP contribution in [-0.4, -0.2) is 97.2 Å². The summed E-state index contributed by atoms with van der Waals surface area (Å²) in [5.41, 5.74) is 1.28. The van der Waals surface area contributed by atoms with Crippen LogP contribution in [0.5, 0.6) is 0 Å². The first-order chi connectivity index (χ1) is 20.6. The van der Waals surface area contributed by atoms with E-state index in [1.165, 1.54) is 0 Å². The fourth-order valence-electron chi connectivity index (χ4n) is 5.73. The molecule has 1 aromatic heterocycles. The van der Waals surface area contributed by atoms with E-state index in [4.69, 9.17) is 14.5 Å². The Labute approximate surface area is 281 Å². The van der Waals surface area contributed by atoms with E-state index in [-0.39, 0.29) is 66.0 Å². The molecule has 0 aliphatic carbocycles. The number of aromatic nitrogens is 2. The van der Waals surface area contributed by atoms with Gasteiger partial charge in [0.1, 0.15) is 23.3 Å². The fourth-order valence-corrected chi connectivity index (χ4v) is 5.73. The molecule has 0 spiro atoms. The van der Waals surface area contributed by atoms with Gasteiger partial charge in [0.25, 0.3) is 5.91 Å². The Bertz CT molecular complexity index is 1210. The van der Waals surface area contributed by atoms with E-state index >= 15 is 0 Å². The molecule has 2 fully saturated rings. The molecule has 2 aromatic rings. The monoisotopic (exact) mass is 666 g/mol. The van der Waals surface area contributed by atoms with Crippen LogP contribution in [0.25, 0.3) is 0 Å². The summed E-state index contributed by atoms with van der Waals surface area (Å²) in [6.07, 6.45) is 2.93. The Hall–Kier alpha value is -2.50. The first-order valence-corrected chi connectivity index (χ1v) is 15.7. The molecule has 2 N–H and O–H groups in total. The smallest absolute Gasteiger partial charge is 0.259 e. The van der Waals surface area contributed by atoms with Crippen molar-refractivity contribution in [2.75, 3.05) is 64.9 Å². The van der Waals surface area contributed by atoms with Crippen LogP contribution in [0, 0.1) is 11.8 Å². The maximum Gasteiger partial charge on any atom is 0.259 e. The van der Waals surface area contributed by atoms with Gasteiger partial charge in [-0.2, -0.15) is 0 Å². The Morgan fingerprint density at radius 3 is 2.58 bits per heavy atom. The molecule has 3 heterocycles. The molecule has 4 rings (SSSR count). The zero-order valence-electron chi connectivity index (χ0n) is 27.6. The number of methoxy groups -OCH3 is 1. The number of morpholine rings is 1. The van der Waals surface area contributed by atoms with Gasteiger partial charge >= 0.3 is 0 Å². The van der Waals surface area contributed by atoms with Crippen LogP contribution >= 0.6 is 24.8 Å². The molecule has 1 aromatic carbocycles. The van der Waals surface area contributed by atoms with Crippen LogP contribution in [0.4, 0.5) is 5.82 Å². The van der Waals surface area contributed by atoms with Crippen molar-refractivity contribution in [2.45, 2.75) is 65.0 Å². The summed E-state index contributed by atoms with van der Waals surface area (Å²) in [5.74, 6) is 1.26. The Morgan fingerprint density at radius 2 is 1.91 bits per heavy atom. The van der Waals surface area contributed by atoms with Gasteiger partial charge in [-0.3, -0.25) is 9.59 Å². The van der Waals surface area contributed by atoms with E-state index in [2.05, 4.69) is 50.2 Å². The van der Waals surface area contributed by atoms with Gasteiger partial charge in [-0.05, 0) is 24.3 Å². The van der Waals surface area contributed by atoms with Crippen LogP contribution in [0.1, 0.15) is 75.3 Å². The third-order valence-corrected chi connectivity index (χ3v) is 8.00. The Balaban J connectivity index is 0.00000353. The van der Waals surface area contributed by atoms with Crippen molar-refractivity contribution in [1.82, 2.24) is 25.1 Å². The number of piperidine rings is 1. The van der Waals surface area contributed by atoms with Gasteiger partial charge < -0.3 is 29.9 Å². The number of carbonyl (C=O) groups excluding carboxylic acids is 2. The van der Waals surface area contributed by atoms with E-state index in [1.54, 1.807) is 13.3 Å². The quantitative estimate of drug-likeness (QED) is 0.331. The molecule has 12 heteroatoms. The molecule has 45 heavy (non-hydrogen) atoms. The summed E-state index contributed by atoms with van der Waals surface area (Å²) >= 11 is 0. The molecule has 10 nitrogen and oxygen atoms in total. The maximum absolute atomic E-state index is 14.3. The number of carbonyl (C=O) groups is 2. The number of hydrogen-bond donors (Lipinski definition) is 2. The van der Waals surface area contributed by atoms with Gasteiger partial charge in [-0.15, -0.1) is 24.8 Å². The van der Waals surface area contributed by atoms with Gasteiger partial charge in [0.2, 0.25) is 5.91 Å². The fraction of sp³-hybridized carbons (Fsp3) is 0.636. The molecule has 252 valence electrons. The lowest BCUT2D eigenvalue weighted by molar-refractivity contribution is -0.144. The van der Waals surface area contributed by atoms with E-state index in [0.717, 1.165) is 12.0 Å². The average Bonchev–Trinajstić information content (AvgIpc) is 3.01.